The van der Waals surface area contributed by atoms with Gasteiger partial charge in [-0.25, -0.2) is 4.79 Å². The number of hydrogen-bond donors (Lipinski definition) is 1. The van der Waals surface area contributed by atoms with E-state index in [-0.39, 0.29) is 6.42 Å². The molecule has 5 heteroatoms. The summed E-state index contributed by atoms with van der Waals surface area (Å²) in [6, 6.07) is 7.09. The molecule has 0 amide bonds. The topological polar surface area (TPSA) is 65.0 Å². The molecule has 0 saturated heterocycles. The molecule has 0 fully saturated rings. The van der Waals surface area contributed by atoms with Crippen LogP contribution in [0, 0.1) is 0 Å². The lowest BCUT2D eigenvalue weighted by Crippen LogP contribution is -2.34. The molecular weight excluding hydrogens is 260 g/mol. The number of ether oxygens (including phenoxy) is 3. The van der Waals surface area contributed by atoms with Crippen molar-refractivity contribution in [3.8, 4) is 5.75 Å². The van der Waals surface area contributed by atoms with Crippen molar-refractivity contribution in [2.75, 3.05) is 7.11 Å². The van der Waals surface area contributed by atoms with Gasteiger partial charge < -0.3 is 19.3 Å². The van der Waals surface area contributed by atoms with Crippen LogP contribution in [0.1, 0.15) is 31.9 Å². The monoisotopic (exact) mass is 278 g/mol. The number of hydrogen-bond acceptors (Lipinski definition) is 5. The van der Waals surface area contributed by atoms with Crippen molar-refractivity contribution < 1.29 is 24.1 Å². The Morgan fingerprint density at radius 2 is 1.90 bits per heavy atom. The van der Waals surface area contributed by atoms with Crippen LogP contribution in [0.25, 0.3) is 0 Å². The van der Waals surface area contributed by atoms with E-state index in [0.29, 0.717) is 5.76 Å². The van der Waals surface area contributed by atoms with Crippen LogP contribution in [0.15, 0.2) is 36.1 Å². The molecule has 1 unspecified atom stereocenters. The minimum atomic E-state index is -0.999. The highest BCUT2D eigenvalue weighted by Gasteiger charge is 2.30. The van der Waals surface area contributed by atoms with Gasteiger partial charge in [0.2, 0.25) is 5.79 Å². The van der Waals surface area contributed by atoms with E-state index in [0.717, 1.165) is 11.3 Å². The Morgan fingerprint density at radius 3 is 2.45 bits per heavy atom. The Bertz CT molecular complexity index is 516. The number of carbonyl (C=O) groups is 1. The maximum absolute atomic E-state index is 11.4. The molecule has 1 N–H and O–H groups in total. The average Bonchev–Trinajstić information content (AvgIpc) is 2.36. The zero-order valence-electron chi connectivity index (χ0n) is 11.8. The second kappa shape index (κ2) is 5.54. The molecule has 1 atom stereocenters. The Morgan fingerprint density at radius 1 is 1.25 bits per heavy atom. The van der Waals surface area contributed by atoms with E-state index >= 15 is 0 Å². The summed E-state index contributed by atoms with van der Waals surface area (Å²) < 4.78 is 15.6. The van der Waals surface area contributed by atoms with Crippen LogP contribution >= 0.6 is 0 Å². The van der Waals surface area contributed by atoms with E-state index in [4.69, 9.17) is 14.2 Å². The van der Waals surface area contributed by atoms with Gasteiger partial charge in [0.15, 0.2) is 0 Å². The summed E-state index contributed by atoms with van der Waals surface area (Å²) in [6.45, 7) is 3.30. The summed E-state index contributed by atoms with van der Waals surface area (Å²) in [5, 5.41) is 10.2. The van der Waals surface area contributed by atoms with E-state index in [1.807, 2.05) is 0 Å². The first-order valence-electron chi connectivity index (χ1n) is 6.34. The first-order chi connectivity index (χ1) is 9.39. The second-order valence-electron chi connectivity index (χ2n) is 5.03. The Balaban J connectivity index is 2.07. The summed E-state index contributed by atoms with van der Waals surface area (Å²) in [5.41, 5.74) is 0.729. The largest absolute Gasteiger partial charge is 0.497 e. The summed E-state index contributed by atoms with van der Waals surface area (Å²) in [6.07, 6.45) is 0.719. The zero-order valence-corrected chi connectivity index (χ0v) is 11.8. The predicted molar refractivity (Wildman–Crippen MR) is 71.9 cm³/mol. The van der Waals surface area contributed by atoms with Gasteiger partial charge in [-0.2, -0.15) is 0 Å². The fourth-order valence-electron chi connectivity index (χ4n) is 2.00. The number of esters is 1. The van der Waals surface area contributed by atoms with Crippen molar-refractivity contribution in [2.45, 2.75) is 32.2 Å². The molecule has 0 spiro atoms. The molecule has 108 valence electrons. The fourth-order valence-corrected chi connectivity index (χ4v) is 2.00. The van der Waals surface area contributed by atoms with E-state index in [1.54, 1.807) is 45.2 Å². The molecule has 0 bridgehead atoms. The van der Waals surface area contributed by atoms with Gasteiger partial charge in [0.1, 0.15) is 11.5 Å². The fraction of sp³-hybridized carbons (Fsp3) is 0.400. The van der Waals surface area contributed by atoms with Gasteiger partial charge in [0.05, 0.1) is 19.3 Å². The van der Waals surface area contributed by atoms with Crippen LogP contribution in [0.2, 0.25) is 0 Å². The number of carbonyl (C=O) groups excluding carboxylic acids is 1. The SMILES string of the molecule is COc1ccc(C(O)CC2=CC(=O)OC(C)(C)O2)cc1. The first kappa shape index (κ1) is 14.4. The summed E-state index contributed by atoms with van der Waals surface area (Å²) in [5.74, 6) is -0.326. The highest BCUT2D eigenvalue weighted by atomic mass is 16.7. The van der Waals surface area contributed by atoms with Crippen LogP contribution in [-0.4, -0.2) is 24.0 Å². The maximum atomic E-state index is 11.4. The molecule has 0 aliphatic carbocycles. The third-order valence-electron chi connectivity index (χ3n) is 2.90. The lowest BCUT2D eigenvalue weighted by atomic mass is 10.0. The van der Waals surface area contributed by atoms with Crippen molar-refractivity contribution in [3.05, 3.63) is 41.7 Å². The zero-order chi connectivity index (χ0) is 14.8. The number of methoxy groups -OCH3 is 1. The normalized spacial score (nSPS) is 18.6. The quantitative estimate of drug-likeness (QED) is 0.856. The van der Waals surface area contributed by atoms with Crippen LogP contribution < -0.4 is 4.74 Å². The van der Waals surface area contributed by atoms with Crippen LogP contribution in [0.4, 0.5) is 0 Å². The van der Waals surface area contributed by atoms with Gasteiger partial charge in [0.25, 0.3) is 0 Å². The van der Waals surface area contributed by atoms with Gasteiger partial charge >= 0.3 is 5.97 Å². The molecule has 1 aromatic carbocycles. The number of cyclic esters (lactones) is 1. The second-order valence-corrected chi connectivity index (χ2v) is 5.03. The third-order valence-corrected chi connectivity index (χ3v) is 2.90. The molecule has 1 heterocycles. The minimum Gasteiger partial charge on any atom is -0.497 e. The van der Waals surface area contributed by atoms with Gasteiger partial charge in [-0.05, 0) is 17.7 Å². The molecule has 20 heavy (non-hydrogen) atoms. The van der Waals surface area contributed by atoms with Crippen LogP contribution in [-0.2, 0) is 14.3 Å². The number of rotatable bonds is 4. The third kappa shape index (κ3) is 3.51. The van der Waals surface area contributed by atoms with E-state index in [9.17, 15) is 9.90 Å². The highest BCUT2D eigenvalue weighted by Crippen LogP contribution is 2.29. The molecule has 1 aliphatic rings. The Kier molecular flexibility index (Phi) is 3.99. The molecule has 1 aromatic rings. The maximum Gasteiger partial charge on any atom is 0.337 e. The van der Waals surface area contributed by atoms with Gasteiger partial charge in [-0.3, -0.25) is 0 Å². The standard InChI is InChI=1S/C15H18O5/c1-15(2)19-12(9-14(17)20-15)8-13(16)10-4-6-11(18-3)7-5-10/h4-7,9,13,16H,8H2,1-3H3. The van der Waals surface area contributed by atoms with Gasteiger partial charge in [-0.1, -0.05) is 12.1 Å². The number of aliphatic hydroxyl groups is 1. The van der Waals surface area contributed by atoms with Crippen LogP contribution in [0.3, 0.4) is 0 Å². The van der Waals surface area contributed by atoms with Crippen molar-refractivity contribution in [2.24, 2.45) is 0 Å². The highest BCUT2D eigenvalue weighted by molar-refractivity contribution is 5.83. The Hall–Kier alpha value is -2.01. The van der Waals surface area contributed by atoms with Crippen molar-refractivity contribution in [3.63, 3.8) is 0 Å². The van der Waals surface area contributed by atoms with Crippen molar-refractivity contribution in [1.29, 1.82) is 0 Å². The van der Waals surface area contributed by atoms with E-state index in [2.05, 4.69) is 0 Å². The molecule has 5 nitrogen and oxygen atoms in total. The lowest BCUT2D eigenvalue weighted by molar-refractivity contribution is -0.206. The summed E-state index contributed by atoms with van der Waals surface area (Å²) in [4.78, 5) is 11.4. The summed E-state index contributed by atoms with van der Waals surface area (Å²) >= 11 is 0. The van der Waals surface area contributed by atoms with Crippen molar-refractivity contribution >= 4 is 5.97 Å². The van der Waals surface area contributed by atoms with Gasteiger partial charge in [0, 0.05) is 20.3 Å². The number of benzene rings is 1. The predicted octanol–water partition coefficient (Wildman–Crippen LogP) is 2.31. The van der Waals surface area contributed by atoms with E-state index < -0.39 is 17.9 Å². The average molecular weight is 278 g/mol. The lowest BCUT2D eigenvalue weighted by Gasteiger charge is -2.31. The van der Waals surface area contributed by atoms with Gasteiger partial charge in [-0.15, -0.1) is 0 Å². The molecule has 0 saturated carbocycles. The first-order valence-corrected chi connectivity index (χ1v) is 6.34. The molecule has 2 rings (SSSR count). The Labute approximate surface area is 117 Å². The molecular formula is C15H18O5. The van der Waals surface area contributed by atoms with Crippen molar-refractivity contribution in [1.82, 2.24) is 0 Å². The van der Waals surface area contributed by atoms with E-state index in [1.165, 1.54) is 6.08 Å². The summed E-state index contributed by atoms with van der Waals surface area (Å²) in [7, 11) is 1.58. The molecule has 0 aromatic heterocycles. The number of aliphatic hydroxyl groups excluding tert-OH is 1. The molecule has 1 aliphatic heterocycles. The molecule has 0 radical (unpaired) electrons. The minimum absolute atomic E-state index is 0.213. The van der Waals surface area contributed by atoms with Crippen LogP contribution in [0.5, 0.6) is 5.75 Å². The smallest absolute Gasteiger partial charge is 0.337 e.